The van der Waals surface area contributed by atoms with E-state index in [4.69, 9.17) is 4.74 Å². The van der Waals surface area contributed by atoms with Crippen molar-refractivity contribution in [3.63, 3.8) is 0 Å². The van der Waals surface area contributed by atoms with Gasteiger partial charge in [-0.25, -0.2) is 0 Å². The average Bonchev–Trinajstić information content (AvgIpc) is 2.62. The van der Waals surface area contributed by atoms with Crippen molar-refractivity contribution in [3.05, 3.63) is 91.0 Å². The lowest BCUT2D eigenvalue weighted by molar-refractivity contribution is 1.15. The first-order valence-corrected chi connectivity index (χ1v) is 9.37. The highest BCUT2D eigenvalue weighted by molar-refractivity contribution is 7.87. The van der Waals surface area contributed by atoms with Gasteiger partial charge in [-0.2, -0.15) is 0 Å². The molecule has 0 heterocycles. The molecule has 0 radical (unpaired) electrons. The fourth-order valence-electron chi connectivity index (χ4n) is 2.84. The summed E-state index contributed by atoms with van der Waals surface area (Å²) in [5.41, 5.74) is 0. The van der Waals surface area contributed by atoms with Gasteiger partial charge >= 0.3 is 0 Å². The number of rotatable bonds is 4. The molecule has 0 aliphatic heterocycles. The molecule has 1 nitrogen and oxygen atoms in total. The van der Waals surface area contributed by atoms with Crippen molar-refractivity contribution >= 4 is 23.0 Å². The summed E-state index contributed by atoms with van der Waals surface area (Å²) in [6, 6.07) is 32.2. The summed E-state index contributed by atoms with van der Waals surface area (Å²) in [6.45, 7) is 2.94. The van der Waals surface area contributed by atoms with Gasteiger partial charge in [0.1, 0.15) is 0 Å². The molecule has 0 bridgehead atoms. The minimum absolute atomic E-state index is 0.812. The van der Waals surface area contributed by atoms with Crippen LogP contribution in [0.5, 0.6) is 0 Å². The Morgan fingerprint density at radius 3 is 1.18 bits per heavy atom. The molecular formula is C20H20NP. The van der Waals surface area contributed by atoms with Gasteiger partial charge in [-0.3, -0.25) is 4.74 Å². The average molecular weight is 305 g/mol. The van der Waals surface area contributed by atoms with Crippen LogP contribution >= 0.6 is 7.05 Å². The monoisotopic (exact) mass is 305 g/mol. The number of nitrogens with zero attached hydrogens (tertiary/aromatic N) is 1. The van der Waals surface area contributed by atoms with Crippen LogP contribution in [0.25, 0.3) is 0 Å². The van der Waals surface area contributed by atoms with Crippen molar-refractivity contribution in [3.8, 4) is 0 Å². The van der Waals surface area contributed by atoms with Crippen molar-refractivity contribution in [2.24, 2.45) is 4.74 Å². The van der Waals surface area contributed by atoms with E-state index in [1.165, 1.54) is 15.9 Å². The molecule has 0 aliphatic rings. The quantitative estimate of drug-likeness (QED) is 0.641. The SMILES string of the molecule is CCN=P(c1ccccc1)(c1ccccc1)c1ccccc1. The van der Waals surface area contributed by atoms with Crippen LogP contribution in [0.1, 0.15) is 6.92 Å². The predicted octanol–water partition coefficient (Wildman–Crippen LogP) is 4.18. The van der Waals surface area contributed by atoms with E-state index < -0.39 is 7.05 Å². The molecule has 0 aromatic heterocycles. The lowest BCUT2D eigenvalue weighted by Gasteiger charge is -2.26. The zero-order valence-electron chi connectivity index (χ0n) is 12.8. The lowest BCUT2D eigenvalue weighted by Crippen LogP contribution is -2.25. The summed E-state index contributed by atoms with van der Waals surface area (Å²) in [5.74, 6) is 0. The Morgan fingerprint density at radius 1 is 0.591 bits per heavy atom. The van der Waals surface area contributed by atoms with Crippen LogP contribution in [-0.4, -0.2) is 6.54 Å². The van der Waals surface area contributed by atoms with E-state index in [-0.39, 0.29) is 0 Å². The second-order valence-corrected chi connectivity index (χ2v) is 8.20. The first kappa shape index (κ1) is 14.8. The Kier molecular flexibility index (Phi) is 4.56. The zero-order chi connectivity index (χ0) is 15.3. The minimum Gasteiger partial charge on any atom is -0.290 e. The van der Waals surface area contributed by atoms with E-state index in [1.807, 2.05) is 0 Å². The summed E-state index contributed by atoms with van der Waals surface area (Å²) >= 11 is 0. The Bertz CT molecular complexity index is 661. The molecule has 22 heavy (non-hydrogen) atoms. The van der Waals surface area contributed by atoms with E-state index in [2.05, 4.69) is 97.9 Å². The van der Waals surface area contributed by atoms with Gasteiger partial charge < -0.3 is 0 Å². The topological polar surface area (TPSA) is 12.4 Å². The fraction of sp³-hybridized carbons (Fsp3) is 0.100. The van der Waals surface area contributed by atoms with Gasteiger partial charge in [0.2, 0.25) is 0 Å². The second-order valence-electron chi connectivity index (χ2n) is 5.10. The molecule has 0 amide bonds. The molecule has 0 saturated carbocycles. The minimum atomic E-state index is -1.93. The molecule has 0 saturated heterocycles. The molecule has 3 aromatic rings. The van der Waals surface area contributed by atoms with Crippen LogP contribution in [-0.2, 0) is 0 Å². The van der Waals surface area contributed by atoms with Crippen molar-refractivity contribution < 1.29 is 0 Å². The van der Waals surface area contributed by atoms with Gasteiger partial charge in [0.25, 0.3) is 0 Å². The number of hydrogen-bond donors (Lipinski definition) is 0. The number of hydrogen-bond acceptors (Lipinski definition) is 1. The molecule has 0 N–H and O–H groups in total. The largest absolute Gasteiger partial charge is 0.290 e. The predicted molar refractivity (Wildman–Crippen MR) is 98.1 cm³/mol. The third kappa shape index (κ3) is 2.65. The maximum absolute atomic E-state index is 5.18. The summed E-state index contributed by atoms with van der Waals surface area (Å²) in [7, 11) is -1.93. The molecule has 0 fully saturated rings. The van der Waals surface area contributed by atoms with Gasteiger partial charge in [-0.15, -0.1) is 0 Å². The van der Waals surface area contributed by atoms with Crippen molar-refractivity contribution in [2.45, 2.75) is 6.92 Å². The van der Waals surface area contributed by atoms with E-state index >= 15 is 0 Å². The standard InChI is InChI=1S/C20H20NP/c1-2-21-22(18-12-6-3-7-13-18,19-14-8-4-9-15-19)20-16-10-5-11-17-20/h3-17H,2H2,1H3. The maximum Gasteiger partial charge on any atom is 0.0547 e. The van der Waals surface area contributed by atoms with Crippen molar-refractivity contribution in [1.82, 2.24) is 0 Å². The normalized spacial score (nSPS) is 11.1. The van der Waals surface area contributed by atoms with E-state index in [9.17, 15) is 0 Å². The van der Waals surface area contributed by atoms with E-state index in [0.29, 0.717) is 0 Å². The van der Waals surface area contributed by atoms with E-state index in [1.54, 1.807) is 0 Å². The summed E-state index contributed by atoms with van der Waals surface area (Å²) in [5, 5.41) is 3.94. The highest BCUT2D eigenvalue weighted by Crippen LogP contribution is 2.46. The fourth-order valence-corrected chi connectivity index (χ4v) is 6.45. The molecule has 0 spiro atoms. The van der Waals surface area contributed by atoms with Crippen LogP contribution in [0, 0.1) is 0 Å². The third-order valence-corrected chi connectivity index (χ3v) is 7.59. The lowest BCUT2D eigenvalue weighted by atomic mass is 10.4. The smallest absolute Gasteiger partial charge is 0.0547 e. The molecule has 3 rings (SSSR count). The van der Waals surface area contributed by atoms with Crippen molar-refractivity contribution in [1.29, 1.82) is 0 Å². The molecular weight excluding hydrogens is 285 g/mol. The maximum atomic E-state index is 5.18. The summed E-state index contributed by atoms with van der Waals surface area (Å²) in [6.07, 6.45) is 0. The van der Waals surface area contributed by atoms with Gasteiger partial charge in [0.05, 0.1) is 7.05 Å². The van der Waals surface area contributed by atoms with Crippen molar-refractivity contribution in [2.75, 3.05) is 6.54 Å². The van der Waals surface area contributed by atoms with Crippen LogP contribution in [0.2, 0.25) is 0 Å². The van der Waals surface area contributed by atoms with Gasteiger partial charge in [-0.05, 0) is 6.92 Å². The summed E-state index contributed by atoms with van der Waals surface area (Å²) < 4.78 is 5.18. The van der Waals surface area contributed by atoms with Crippen LogP contribution in [0.4, 0.5) is 0 Å². The van der Waals surface area contributed by atoms with Crippen LogP contribution in [0.3, 0.4) is 0 Å². The Balaban J connectivity index is 2.38. The third-order valence-electron chi connectivity index (χ3n) is 3.74. The number of benzene rings is 3. The van der Waals surface area contributed by atoms with Gasteiger partial charge in [0.15, 0.2) is 0 Å². The van der Waals surface area contributed by atoms with Gasteiger partial charge in [0, 0.05) is 22.5 Å². The summed E-state index contributed by atoms with van der Waals surface area (Å²) in [4.78, 5) is 0. The van der Waals surface area contributed by atoms with E-state index in [0.717, 1.165) is 6.54 Å². The molecule has 0 atom stereocenters. The molecule has 2 heteroatoms. The molecule has 0 aliphatic carbocycles. The second kappa shape index (κ2) is 6.77. The first-order valence-electron chi connectivity index (χ1n) is 7.63. The highest BCUT2D eigenvalue weighted by Gasteiger charge is 2.26. The zero-order valence-corrected chi connectivity index (χ0v) is 13.7. The Morgan fingerprint density at radius 2 is 0.909 bits per heavy atom. The molecule has 0 unspecified atom stereocenters. The molecule has 110 valence electrons. The first-order chi connectivity index (χ1) is 10.9. The Hall–Kier alpha value is -2.11. The Labute approximate surface area is 132 Å². The highest BCUT2D eigenvalue weighted by atomic mass is 31.2. The van der Waals surface area contributed by atoms with Crippen LogP contribution in [0.15, 0.2) is 95.7 Å². The molecule has 3 aromatic carbocycles. The van der Waals surface area contributed by atoms with Gasteiger partial charge in [-0.1, -0.05) is 91.0 Å². The van der Waals surface area contributed by atoms with Crippen LogP contribution < -0.4 is 15.9 Å².